The summed E-state index contributed by atoms with van der Waals surface area (Å²) in [6.45, 7) is 7.75. The molecule has 5 nitrogen and oxygen atoms in total. The van der Waals surface area contributed by atoms with Crippen molar-refractivity contribution in [2.24, 2.45) is 0 Å². The highest BCUT2D eigenvalue weighted by molar-refractivity contribution is 5.92. The lowest BCUT2D eigenvalue weighted by Gasteiger charge is -2.31. The van der Waals surface area contributed by atoms with E-state index >= 15 is 0 Å². The van der Waals surface area contributed by atoms with Crippen LogP contribution < -0.4 is 0 Å². The average Bonchev–Trinajstić information content (AvgIpc) is 3.03. The molecule has 1 fully saturated rings. The molecule has 0 spiro atoms. The number of phenolic OH excluding ortho intramolecular Hbond substituents is 1. The summed E-state index contributed by atoms with van der Waals surface area (Å²) in [5.41, 5.74) is 2.83. The lowest BCUT2D eigenvalue weighted by molar-refractivity contribution is 0.0706. The zero-order chi connectivity index (χ0) is 18.0. The summed E-state index contributed by atoms with van der Waals surface area (Å²) in [6.07, 6.45) is 2.89. The molecule has 5 heteroatoms. The summed E-state index contributed by atoms with van der Waals surface area (Å²) in [4.78, 5) is 14.7. The minimum atomic E-state index is 0.0364. The third-order valence-electron chi connectivity index (χ3n) is 5.30. The number of amides is 1. The molecule has 1 atom stereocenters. The van der Waals surface area contributed by atoms with E-state index in [0.717, 1.165) is 38.0 Å². The fourth-order valence-corrected chi connectivity index (χ4v) is 3.54. The number of aryl methyl sites for hydroxylation is 1. The van der Waals surface area contributed by atoms with E-state index in [1.54, 1.807) is 12.1 Å². The minimum absolute atomic E-state index is 0.0364. The number of likely N-dealkylation sites (tertiary alicyclic amines) is 1. The molecule has 2 aromatic rings. The van der Waals surface area contributed by atoms with Gasteiger partial charge in [-0.25, -0.2) is 0 Å². The van der Waals surface area contributed by atoms with E-state index in [0.29, 0.717) is 23.4 Å². The fraction of sp³-hybridized carbons (Fsp3) is 0.500. The molecule has 1 aliphatic rings. The van der Waals surface area contributed by atoms with Crippen LogP contribution in [0, 0.1) is 6.92 Å². The molecule has 1 aliphatic heterocycles. The van der Waals surface area contributed by atoms with Crippen LogP contribution in [0.4, 0.5) is 0 Å². The quantitative estimate of drug-likeness (QED) is 0.918. The Kier molecular flexibility index (Phi) is 5.11. The van der Waals surface area contributed by atoms with Gasteiger partial charge < -0.3 is 10.0 Å². The fourth-order valence-electron chi connectivity index (χ4n) is 3.54. The van der Waals surface area contributed by atoms with Crippen LogP contribution in [0.1, 0.15) is 66.8 Å². The number of hydrogen-bond donors (Lipinski definition) is 1. The maximum absolute atomic E-state index is 12.8. The largest absolute Gasteiger partial charge is 0.508 e. The van der Waals surface area contributed by atoms with Gasteiger partial charge in [-0.2, -0.15) is 5.10 Å². The molecule has 1 aromatic carbocycles. The van der Waals surface area contributed by atoms with Crippen LogP contribution in [0.15, 0.2) is 30.3 Å². The molecule has 0 aliphatic carbocycles. The van der Waals surface area contributed by atoms with Crippen molar-refractivity contribution in [2.45, 2.75) is 52.0 Å². The molecule has 1 amide bonds. The van der Waals surface area contributed by atoms with Crippen LogP contribution in [0.5, 0.6) is 5.75 Å². The summed E-state index contributed by atoms with van der Waals surface area (Å²) in [7, 11) is 0. The van der Waals surface area contributed by atoms with Crippen LogP contribution in [-0.2, 0) is 0 Å². The highest BCUT2D eigenvalue weighted by Crippen LogP contribution is 2.29. The second-order valence-electron chi connectivity index (χ2n) is 7.03. The molecule has 25 heavy (non-hydrogen) atoms. The lowest BCUT2D eigenvalue weighted by Crippen LogP contribution is -2.38. The van der Waals surface area contributed by atoms with Crippen molar-refractivity contribution >= 4 is 5.91 Å². The second-order valence-corrected chi connectivity index (χ2v) is 7.03. The van der Waals surface area contributed by atoms with Crippen molar-refractivity contribution in [3.63, 3.8) is 0 Å². The first-order chi connectivity index (χ1) is 12.0. The first-order valence-corrected chi connectivity index (χ1v) is 9.14. The van der Waals surface area contributed by atoms with Gasteiger partial charge in [-0.05, 0) is 62.8 Å². The minimum Gasteiger partial charge on any atom is -0.508 e. The van der Waals surface area contributed by atoms with Crippen LogP contribution in [-0.4, -0.2) is 38.8 Å². The highest BCUT2D eigenvalue weighted by atomic mass is 16.3. The number of rotatable bonds is 4. The van der Waals surface area contributed by atoms with Crippen LogP contribution in [0.3, 0.4) is 0 Å². The van der Waals surface area contributed by atoms with Crippen LogP contribution in [0.25, 0.3) is 0 Å². The molecular formula is C20H27N3O2. The van der Waals surface area contributed by atoms with Gasteiger partial charge in [0.2, 0.25) is 0 Å². The van der Waals surface area contributed by atoms with Gasteiger partial charge in [-0.1, -0.05) is 19.1 Å². The smallest absolute Gasteiger partial charge is 0.274 e. The molecule has 134 valence electrons. The normalized spacial score (nSPS) is 16.8. The van der Waals surface area contributed by atoms with E-state index < -0.39 is 0 Å². The van der Waals surface area contributed by atoms with Gasteiger partial charge >= 0.3 is 0 Å². The standard InChI is InChI=1S/C20H27N3O2/c1-4-14(2)23-15(3)13-19(21-23)20(25)22-11-9-17(10-12-22)16-5-7-18(24)8-6-16/h5-8,13-14,17,24H,4,9-12H2,1-3H3. The highest BCUT2D eigenvalue weighted by Gasteiger charge is 2.26. The Labute approximate surface area is 149 Å². The molecule has 1 unspecified atom stereocenters. The number of aromatic nitrogens is 2. The monoisotopic (exact) mass is 341 g/mol. The molecule has 1 saturated heterocycles. The number of carbonyl (C=O) groups excluding carboxylic acids is 1. The van der Waals surface area contributed by atoms with Crippen LogP contribution >= 0.6 is 0 Å². The Morgan fingerprint density at radius 1 is 1.28 bits per heavy atom. The zero-order valence-electron chi connectivity index (χ0n) is 15.3. The van der Waals surface area contributed by atoms with Crippen molar-refractivity contribution in [1.82, 2.24) is 14.7 Å². The molecule has 0 saturated carbocycles. The van der Waals surface area contributed by atoms with E-state index in [9.17, 15) is 9.90 Å². The van der Waals surface area contributed by atoms with Crippen molar-refractivity contribution in [3.05, 3.63) is 47.3 Å². The Morgan fingerprint density at radius 3 is 2.52 bits per heavy atom. The first-order valence-electron chi connectivity index (χ1n) is 9.14. The number of benzene rings is 1. The van der Waals surface area contributed by atoms with Crippen molar-refractivity contribution in [3.8, 4) is 5.75 Å². The molecule has 0 bridgehead atoms. The van der Waals surface area contributed by atoms with Crippen molar-refractivity contribution in [1.29, 1.82) is 0 Å². The summed E-state index contributed by atoms with van der Waals surface area (Å²) >= 11 is 0. The van der Waals surface area contributed by atoms with Gasteiger partial charge in [0, 0.05) is 24.8 Å². The van der Waals surface area contributed by atoms with Gasteiger partial charge in [0.15, 0.2) is 5.69 Å². The van der Waals surface area contributed by atoms with E-state index in [2.05, 4.69) is 18.9 Å². The third kappa shape index (κ3) is 3.70. The maximum atomic E-state index is 12.8. The molecule has 1 aromatic heterocycles. The third-order valence-corrected chi connectivity index (χ3v) is 5.30. The molecule has 3 rings (SSSR count). The molecule has 0 radical (unpaired) electrons. The topological polar surface area (TPSA) is 58.4 Å². The summed E-state index contributed by atoms with van der Waals surface area (Å²) in [5.74, 6) is 0.780. The maximum Gasteiger partial charge on any atom is 0.274 e. The van der Waals surface area contributed by atoms with E-state index in [-0.39, 0.29) is 5.91 Å². The van der Waals surface area contributed by atoms with Gasteiger partial charge in [0.1, 0.15) is 5.75 Å². The van der Waals surface area contributed by atoms with Gasteiger partial charge in [0.05, 0.1) is 0 Å². The zero-order valence-corrected chi connectivity index (χ0v) is 15.3. The average molecular weight is 341 g/mol. The van der Waals surface area contributed by atoms with E-state index in [4.69, 9.17) is 0 Å². The van der Waals surface area contributed by atoms with Crippen molar-refractivity contribution < 1.29 is 9.90 Å². The first kappa shape index (κ1) is 17.5. The lowest BCUT2D eigenvalue weighted by atomic mass is 9.89. The predicted molar refractivity (Wildman–Crippen MR) is 98.0 cm³/mol. The Bertz CT molecular complexity index is 728. The summed E-state index contributed by atoms with van der Waals surface area (Å²) < 4.78 is 1.95. The number of phenols is 1. The molecular weight excluding hydrogens is 314 g/mol. The summed E-state index contributed by atoms with van der Waals surface area (Å²) in [5, 5.41) is 14.0. The Morgan fingerprint density at radius 2 is 1.92 bits per heavy atom. The Hall–Kier alpha value is -2.30. The molecule has 1 N–H and O–H groups in total. The second kappa shape index (κ2) is 7.30. The van der Waals surface area contributed by atoms with Gasteiger partial charge in [0.25, 0.3) is 5.91 Å². The molecule has 2 heterocycles. The van der Waals surface area contributed by atoms with E-state index in [1.165, 1.54) is 5.56 Å². The predicted octanol–water partition coefficient (Wildman–Crippen LogP) is 3.89. The number of aromatic hydroxyl groups is 1. The SMILES string of the molecule is CCC(C)n1nc(C(=O)N2CCC(c3ccc(O)cc3)CC2)cc1C. The Balaban J connectivity index is 1.64. The number of nitrogens with zero attached hydrogens (tertiary/aromatic N) is 3. The summed E-state index contributed by atoms with van der Waals surface area (Å²) in [6, 6.07) is 9.64. The number of carbonyl (C=O) groups is 1. The van der Waals surface area contributed by atoms with Crippen molar-refractivity contribution in [2.75, 3.05) is 13.1 Å². The van der Waals surface area contributed by atoms with E-state index in [1.807, 2.05) is 34.7 Å². The van der Waals surface area contributed by atoms with Gasteiger partial charge in [-0.15, -0.1) is 0 Å². The van der Waals surface area contributed by atoms with Crippen LogP contribution in [0.2, 0.25) is 0 Å². The van der Waals surface area contributed by atoms with Gasteiger partial charge in [-0.3, -0.25) is 9.48 Å². The number of piperidine rings is 1. The number of hydrogen-bond acceptors (Lipinski definition) is 3.